The number of likely N-dealkylation sites (tertiary alicyclic amines) is 1. The minimum Gasteiger partial charge on any atom is -0.481 e. The summed E-state index contributed by atoms with van der Waals surface area (Å²) in [6, 6.07) is -0.137. The fourth-order valence-electron chi connectivity index (χ4n) is 1.90. The molecule has 6 heteroatoms. The Morgan fingerprint density at radius 2 is 2.00 bits per heavy atom. The SMILES string of the molecule is CCOCCNC(=O)N1CCC(C)(C(=O)O)CC1. The summed E-state index contributed by atoms with van der Waals surface area (Å²) in [5.41, 5.74) is -0.692. The first-order valence-corrected chi connectivity index (χ1v) is 6.33. The van der Waals surface area contributed by atoms with E-state index in [1.165, 1.54) is 0 Å². The van der Waals surface area contributed by atoms with Crippen LogP contribution in [0.5, 0.6) is 0 Å². The van der Waals surface area contributed by atoms with E-state index in [0.717, 1.165) is 0 Å². The number of amides is 2. The van der Waals surface area contributed by atoms with Crippen molar-refractivity contribution in [1.82, 2.24) is 10.2 Å². The van der Waals surface area contributed by atoms with Crippen LogP contribution < -0.4 is 5.32 Å². The fourth-order valence-corrected chi connectivity index (χ4v) is 1.90. The molecule has 0 aromatic carbocycles. The van der Waals surface area contributed by atoms with Gasteiger partial charge < -0.3 is 20.1 Å². The molecule has 0 aliphatic carbocycles. The summed E-state index contributed by atoms with van der Waals surface area (Å²) in [6.07, 6.45) is 1.00. The summed E-state index contributed by atoms with van der Waals surface area (Å²) in [5, 5.41) is 11.8. The second-order valence-corrected chi connectivity index (χ2v) is 4.78. The van der Waals surface area contributed by atoms with Gasteiger partial charge >= 0.3 is 12.0 Å². The number of aliphatic carboxylic acids is 1. The van der Waals surface area contributed by atoms with Crippen LogP contribution in [0.1, 0.15) is 26.7 Å². The van der Waals surface area contributed by atoms with Gasteiger partial charge in [-0.05, 0) is 26.7 Å². The van der Waals surface area contributed by atoms with Crippen molar-refractivity contribution < 1.29 is 19.4 Å². The van der Waals surface area contributed by atoms with Crippen molar-refractivity contribution in [2.75, 3.05) is 32.8 Å². The fraction of sp³-hybridized carbons (Fsp3) is 0.833. The number of carbonyl (C=O) groups excluding carboxylic acids is 1. The standard InChI is InChI=1S/C12H22N2O4/c1-3-18-9-6-13-11(17)14-7-4-12(2,5-8-14)10(15)16/h3-9H2,1-2H3,(H,13,17)(H,15,16). The van der Waals surface area contributed by atoms with Crippen LogP contribution in [0, 0.1) is 5.41 Å². The van der Waals surface area contributed by atoms with Crippen LogP contribution in [0.25, 0.3) is 0 Å². The van der Waals surface area contributed by atoms with Crippen LogP contribution >= 0.6 is 0 Å². The smallest absolute Gasteiger partial charge is 0.317 e. The number of hydrogen-bond donors (Lipinski definition) is 2. The van der Waals surface area contributed by atoms with Crippen molar-refractivity contribution in [2.45, 2.75) is 26.7 Å². The highest BCUT2D eigenvalue weighted by Gasteiger charge is 2.37. The Labute approximate surface area is 107 Å². The van der Waals surface area contributed by atoms with E-state index >= 15 is 0 Å². The summed E-state index contributed by atoms with van der Waals surface area (Å²) in [5.74, 6) is -0.779. The van der Waals surface area contributed by atoms with Crippen molar-refractivity contribution in [3.63, 3.8) is 0 Å². The van der Waals surface area contributed by atoms with Gasteiger partial charge in [-0.25, -0.2) is 4.79 Å². The largest absolute Gasteiger partial charge is 0.481 e. The van der Waals surface area contributed by atoms with Crippen molar-refractivity contribution in [3.8, 4) is 0 Å². The summed E-state index contributed by atoms with van der Waals surface area (Å²) in [7, 11) is 0. The molecule has 1 heterocycles. The van der Waals surface area contributed by atoms with E-state index in [2.05, 4.69) is 5.32 Å². The summed E-state index contributed by atoms with van der Waals surface area (Å²) in [4.78, 5) is 24.5. The molecule has 1 aliphatic heterocycles. The van der Waals surface area contributed by atoms with Crippen LogP contribution in [0.2, 0.25) is 0 Å². The van der Waals surface area contributed by atoms with Gasteiger partial charge in [-0.3, -0.25) is 4.79 Å². The third-order valence-corrected chi connectivity index (χ3v) is 3.40. The Kier molecular flexibility index (Phi) is 5.40. The lowest BCUT2D eigenvalue weighted by Gasteiger charge is -2.36. The zero-order chi connectivity index (χ0) is 13.6. The Morgan fingerprint density at radius 3 is 2.50 bits per heavy atom. The van der Waals surface area contributed by atoms with Gasteiger partial charge in [0.2, 0.25) is 0 Å². The molecule has 0 unspecified atom stereocenters. The molecule has 1 fully saturated rings. The van der Waals surface area contributed by atoms with E-state index < -0.39 is 11.4 Å². The van der Waals surface area contributed by atoms with Crippen LogP contribution in [0.15, 0.2) is 0 Å². The number of nitrogens with one attached hydrogen (secondary N) is 1. The monoisotopic (exact) mass is 258 g/mol. The van der Waals surface area contributed by atoms with Gasteiger partial charge in [0.05, 0.1) is 12.0 Å². The predicted molar refractivity (Wildman–Crippen MR) is 66.4 cm³/mol. The Bertz CT molecular complexity index is 298. The summed E-state index contributed by atoms with van der Waals surface area (Å²) < 4.78 is 5.12. The quantitative estimate of drug-likeness (QED) is 0.719. The topological polar surface area (TPSA) is 78.9 Å². The van der Waals surface area contributed by atoms with Gasteiger partial charge in [0.15, 0.2) is 0 Å². The van der Waals surface area contributed by atoms with Crippen molar-refractivity contribution in [3.05, 3.63) is 0 Å². The number of carboxylic acid groups (broad SMARTS) is 1. The molecule has 2 N–H and O–H groups in total. The lowest BCUT2D eigenvalue weighted by Crippen LogP contribution is -2.49. The molecule has 0 spiro atoms. The zero-order valence-corrected chi connectivity index (χ0v) is 11.1. The maximum atomic E-state index is 11.8. The molecule has 6 nitrogen and oxygen atoms in total. The van der Waals surface area contributed by atoms with Gasteiger partial charge in [0, 0.05) is 26.2 Å². The first-order valence-electron chi connectivity index (χ1n) is 6.33. The van der Waals surface area contributed by atoms with Gasteiger partial charge in [-0.2, -0.15) is 0 Å². The van der Waals surface area contributed by atoms with E-state index in [0.29, 0.717) is 45.7 Å². The Hall–Kier alpha value is -1.30. The molecule has 0 radical (unpaired) electrons. The summed E-state index contributed by atoms with van der Waals surface area (Å²) in [6.45, 7) is 6.24. The van der Waals surface area contributed by atoms with Gasteiger partial charge in [-0.1, -0.05) is 0 Å². The lowest BCUT2D eigenvalue weighted by molar-refractivity contribution is -0.150. The Morgan fingerprint density at radius 1 is 1.39 bits per heavy atom. The molecule has 0 saturated carbocycles. The third kappa shape index (κ3) is 3.87. The van der Waals surface area contributed by atoms with Crippen molar-refractivity contribution >= 4 is 12.0 Å². The second kappa shape index (κ2) is 6.58. The molecule has 0 aromatic rings. The second-order valence-electron chi connectivity index (χ2n) is 4.78. The van der Waals surface area contributed by atoms with Crippen molar-refractivity contribution in [1.29, 1.82) is 0 Å². The van der Waals surface area contributed by atoms with Crippen LogP contribution in [-0.4, -0.2) is 54.9 Å². The molecule has 1 saturated heterocycles. The number of rotatable bonds is 5. The highest BCUT2D eigenvalue weighted by atomic mass is 16.5. The minimum absolute atomic E-state index is 0.137. The van der Waals surface area contributed by atoms with Crippen LogP contribution in [-0.2, 0) is 9.53 Å². The average Bonchev–Trinajstić information content (AvgIpc) is 2.35. The molecule has 104 valence electrons. The number of urea groups is 1. The number of carboxylic acids is 1. The molecular formula is C12H22N2O4. The number of nitrogens with zero attached hydrogens (tertiary/aromatic N) is 1. The van der Waals surface area contributed by atoms with E-state index in [1.807, 2.05) is 6.92 Å². The predicted octanol–water partition coefficient (Wildman–Crippen LogP) is 0.919. The molecule has 1 rings (SSSR count). The highest BCUT2D eigenvalue weighted by molar-refractivity contribution is 5.76. The average molecular weight is 258 g/mol. The number of hydrogen-bond acceptors (Lipinski definition) is 3. The van der Waals surface area contributed by atoms with Crippen LogP contribution in [0.4, 0.5) is 4.79 Å². The first-order chi connectivity index (χ1) is 8.49. The molecule has 18 heavy (non-hydrogen) atoms. The van der Waals surface area contributed by atoms with E-state index in [-0.39, 0.29) is 6.03 Å². The maximum Gasteiger partial charge on any atom is 0.317 e. The first kappa shape index (κ1) is 14.8. The third-order valence-electron chi connectivity index (χ3n) is 3.40. The highest BCUT2D eigenvalue weighted by Crippen LogP contribution is 2.30. The molecule has 0 bridgehead atoms. The zero-order valence-electron chi connectivity index (χ0n) is 11.1. The number of piperidine rings is 1. The number of carbonyl (C=O) groups is 2. The molecule has 0 aromatic heterocycles. The lowest BCUT2D eigenvalue weighted by atomic mass is 9.80. The van der Waals surface area contributed by atoms with Gasteiger partial charge in [-0.15, -0.1) is 0 Å². The van der Waals surface area contributed by atoms with E-state index in [9.17, 15) is 9.59 Å². The summed E-state index contributed by atoms with van der Waals surface area (Å²) >= 11 is 0. The van der Waals surface area contributed by atoms with Crippen molar-refractivity contribution in [2.24, 2.45) is 5.41 Å². The van der Waals surface area contributed by atoms with Gasteiger partial charge in [0.25, 0.3) is 0 Å². The van der Waals surface area contributed by atoms with E-state index in [1.54, 1.807) is 11.8 Å². The molecule has 2 amide bonds. The van der Waals surface area contributed by atoms with Crippen LogP contribution in [0.3, 0.4) is 0 Å². The normalized spacial score (nSPS) is 18.4. The number of ether oxygens (including phenoxy) is 1. The maximum absolute atomic E-state index is 11.8. The molecule has 0 atom stereocenters. The molecule has 1 aliphatic rings. The van der Waals surface area contributed by atoms with E-state index in [4.69, 9.17) is 9.84 Å². The minimum atomic E-state index is -0.779. The Balaban J connectivity index is 2.30. The molecular weight excluding hydrogens is 236 g/mol. The van der Waals surface area contributed by atoms with Gasteiger partial charge in [0.1, 0.15) is 0 Å².